The molecule has 0 bridgehead atoms. The monoisotopic (exact) mass is 292 g/mol. The van der Waals surface area contributed by atoms with Crippen molar-refractivity contribution in [2.24, 2.45) is 0 Å². The summed E-state index contributed by atoms with van der Waals surface area (Å²) in [4.78, 5) is 12.0. The number of carbonyl (C=O) groups excluding carboxylic acids is 1. The van der Waals surface area contributed by atoms with Gasteiger partial charge in [-0.2, -0.15) is 0 Å². The molecule has 0 unspecified atom stereocenters. The molecule has 1 aliphatic rings. The Balaban J connectivity index is 2.05. The maximum atomic E-state index is 12.0. The van der Waals surface area contributed by atoms with Crippen LogP contribution in [0.1, 0.15) is 12.5 Å². The van der Waals surface area contributed by atoms with E-state index in [0.717, 1.165) is 28.4 Å². The molecule has 2 rings (SSSR count). The molecule has 0 radical (unpaired) electrons. The van der Waals surface area contributed by atoms with E-state index >= 15 is 0 Å². The van der Waals surface area contributed by atoms with Gasteiger partial charge in [-0.15, -0.1) is 23.5 Å². The Morgan fingerprint density at radius 3 is 2.42 bits per heavy atom. The molecule has 0 spiro atoms. The van der Waals surface area contributed by atoms with Crippen LogP contribution in [0.5, 0.6) is 5.75 Å². The molecule has 1 aromatic carbocycles. The van der Waals surface area contributed by atoms with Crippen LogP contribution in [0.15, 0.2) is 40.2 Å². The Morgan fingerprint density at radius 1 is 1.21 bits per heavy atom. The summed E-state index contributed by atoms with van der Waals surface area (Å²) in [6.45, 7) is 1.90. The van der Waals surface area contributed by atoms with Crippen LogP contribution in [0.3, 0.4) is 0 Å². The summed E-state index contributed by atoms with van der Waals surface area (Å²) in [5.74, 6) is 3.12. The first kappa shape index (κ1) is 14.3. The first-order valence-corrected chi connectivity index (χ1v) is 8.01. The van der Waals surface area contributed by atoms with Gasteiger partial charge in [0.1, 0.15) is 5.75 Å². The van der Waals surface area contributed by atoms with Crippen molar-refractivity contribution in [3.8, 4) is 5.75 Å². The zero-order valence-electron chi connectivity index (χ0n) is 11.0. The standard InChI is InChI=1S/C15H16O2S2/c1-11(15-18-9-10-19-15)14(16)8-5-12-3-6-13(17-2)7-4-12/h3-8H,9-10H2,1-2H3/b8-5+. The van der Waals surface area contributed by atoms with Gasteiger partial charge in [0.25, 0.3) is 0 Å². The first-order chi connectivity index (χ1) is 9.20. The molecule has 1 aromatic rings. The van der Waals surface area contributed by atoms with Gasteiger partial charge in [0.2, 0.25) is 0 Å². The van der Waals surface area contributed by atoms with Crippen LogP contribution in [0.25, 0.3) is 6.08 Å². The molecule has 0 aromatic heterocycles. The molecular weight excluding hydrogens is 276 g/mol. The number of allylic oxidation sites excluding steroid dienone is 2. The Bertz CT molecular complexity index is 507. The van der Waals surface area contributed by atoms with Gasteiger partial charge in [0, 0.05) is 21.3 Å². The fourth-order valence-corrected chi connectivity index (χ4v) is 4.14. The molecule has 19 heavy (non-hydrogen) atoms. The van der Waals surface area contributed by atoms with E-state index in [1.165, 1.54) is 4.24 Å². The van der Waals surface area contributed by atoms with Crippen LogP contribution in [-0.4, -0.2) is 24.4 Å². The second kappa shape index (κ2) is 6.87. The average Bonchev–Trinajstić information content (AvgIpc) is 2.98. The van der Waals surface area contributed by atoms with E-state index in [1.807, 2.05) is 37.3 Å². The Kier molecular flexibility index (Phi) is 5.16. The van der Waals surface area contributed by atoms with Crippen molar-refractivity contribution in [1.29, 1.82) is 0 Å². The minimum Gasteiger partial charge on any atom is -0.497 e. The zero-order chi connectivity index (χ0) is 13.7. The van der Waals surface area contributed by atoms with E-state index in [-0.39, 0.29) is 5.78 Å². The Labute approximate surface area is 122 Å². The second-order valence-electron chi connectivity index (χ2n) is 4.08. The average molecular weight is 292 g/mol. The van der Waals surface area contributed by atoms with Crippen molar-refractivity contribution in [1.82, 2.24) is 0 Å². The molecule has 1 fully saturated rings. The summed E-state index contributed by atoms with van der Waals surface area (Å²) in [6.07, 6.45) is 3.49. The number of thioether (sulfide) groups is 2. The maximum Gasteiger partial charge on any atom is 0.183 e. The van der Waals surface area contributed by atoms with Crippen LogP contribution < -0.4 is 4.74 Å². The van der Waals surface area contributed by atoms with Crippen LogP contribution in [-0.2, 0) is 4.79 Å². The molecule has 4 heteroatoms. The number of carbonyl (C=O) groups is 1. The summed E-state index contributed by atoms with van der Waals surface area (Å²) in [6, 6.07) is 7.64. The number of ketones is 1. The molecule has 1 aliphatic heterocycles. The van der Waals surface area contributed by atoms with Gasteiger partial charge in [0.05, 0.1) is 7.11 Å². The second-order valence-corrected chi connectivity index (χ2v) is 6.55. The number of benzene rings is 1. The first-order valence-electron chi connectivity index (χ1n) is 6.03. The van der Waals surface area contributed by atoms with Crippen LogP contribution in [0.4, 0.5) is 0 Å². The van der Waals surface area contributed by atoms with Crippen molar-refractivity contribution >= 4 is 35.4 Å². The lowest BCUT2D eigenvalue weighted by Crippen LogP contribution is -1.95. The molecule has 0 N–H and O–H groups in total. The highest BCUT2D eigenvalue weighted by Crippen LogP contribution is 2.38. The molecule has 1 heterocycles. The third kappa shape index (κ3) is 3.91. The zero-order valence-corrected chi connectivity index (χ0v) is 12.6. The van der Waals surface area contributed by atoms with E-state index in [1.54, 1.807) is 36.7 Å². The minimum atomic E-state index is 0.0905. The lowest BCUT2D eigenvalue weighted by atomic mass is 10.1. The highest BCUT2D eigenvalue weighted by atomic mass is 32.2. The molecule has 0 aliphatic carbocycles. The predicted molar refractivity (Wildman–Crippen MR) is 84.7 cm³/mol. The molecule has 0 saturated carbocycles. The topological polar surface area (TPSA) is 26.3 Å². The van der Waals surface area contributed by atoms with E-state index in [4.69, 9.17) is 4.74 Å². The van der Waals surface area contributed by atoms with Crippen molar-refractivity contribution < 1.29 is 9.53 Å². The largest absolute Gasteiger partial charge is 0.497 e. The van der Waals surface area contributed by atoms with Gasteiger partial charge in [-0.25, -0.2) is 0 Å². The summed E-state index contributed by atoms with van der Waals surface area (Å²) < 4.78 is 6.27. The summed E-state index contributed by atoms with van der Waals surface area (Å²) in [5, 5.41) is 0. The summed E-state index contributed by atoms with van der Waals surface area (Å²) >= 11 is 3.55. The van der Waals surface area contributed by atoms with E-state index in [2.05, 4.69) is 0 Å². The van der Waals surface area contributed by atoms with Gasteiger partial charge in [0.15, 0.2) is 5.78 Å². The van der Waals surface area contributed by atoms with Crippen LogP contribution in [0, 0.1) is 0 Å². The number of hydrogen-bond donors (Lipinski definition) is 0. The highest BCUT2D eigenvalue weighted by Gasteiger charge is 2.14. The van der Waals surface area contributed by atoms with E-state index in [0.29, 0.717) is 0 Å². The number of rotatable bonds is 4. The van der Waals surface area contributed by atoms with E-state index in [9.17, 15) is 4.79 Å². The van der Waals surface area contributed by atoms with Gasteiger partial charge >= 0.3 is 0 Å². The fraction of sp³-hybridized carbons (Fsp3) is 0.267. The molecular formula is C15H16O2S2. The van der Waals surface area contributed by atoms with Crippen molar-refractivity contribution in [2.45, 2.75) is 6.92 Å². The maximum absolute atomic E-state index is 12.0. The summed E-state index contributed by atoms with van der Waals surface area (Å²) in [5.41, 5.74) is 1.86. The van der Waals surface area contributed by atoms with Gasteiger partial charge in [-0.05, 0) is 30.7 Å². The van der Waals surface area contributed by atoms with Crippen molar-refractivity contribution in [2.75, 3.05) is 18.6 Å². The third-order valence-electron chi connectivity index (χ3n) is 2.77. The smallest absolute Gasteiger partial charge is 0.183 e. The Hall–Kier alpha value is -1.13. The van der Waals surface area contributed by atoms with Crippen LogP contribution in [0.2, 0.25) is 0 Å². The normalized spacial score (nSPS) is 14.9. The number of methoxy groups -OCH3 is 1. The quantitative estimate of drug-likeness (QED) is 0.784. The van der Waals surface area contributed by atoms with E-state index < -0.39 is 0 Å². The molecule has 100 valence electrons. The Morgan fingerprint density at radius 2 is 1.84 bits per heavy atom. The van der Waals surface area contributed by atoms with Crippen molar-refractivity contribution in [3.05, 3.63) is 45.7 Å². The highest BCUT2D eigenvalue weighted by molar-refractivity contribution is 8.25. The molecule has 2 nitrogen and oxygen atoms in total. The third-order valence-corrected chi connectivity index (χ3v) is 5.69. The van der Waals surface area contributed by atoms with Crippen LogP contribution >= 0.6 is 23.5 Å². The lowest BCUT2D eigenvalue weighted by molar-refractivity contribution is -0.111. The number of ether oxygens (including phenoxy) is 1. The minimum absolute atomic E-state index is 0.0905. The number of hydrogen-bond acceptors (Lipinski definition) is 4. The van der Waals surface area contributed by atoms with Gasteiger partial charge in [-0.3, -0.25) is 4.79 Å². The van der Waals surface area contributed by atoms with Gasteiger partial charge in [-0.1, -0.05) is 18.2 Å². The molecule has 1 saturated heterocycles. The lowest BCUT2D eigenvalue weighted by Gasteiger charge is -2.01. The molecule has 0 amide bonds. The fourth-order valence-electron chi connectivity index (χ4n) is 1.64. The predicted octanol–water partition coefficient (Wildman–Crippen LogP) is 3.99. The summed E-state index contributed by atoms with van der Waals surface area (Å²) in [7, 11) is 1.64. The molecule has 0 atom stereocenters. The van der Waals surface area contributed by atoms with Crippen molar-refractivity contribution in [3.63, 3.8) is 0 Å². The van der Waals surface area contributed by atoms with Gasteiger partial charge < -0.3 is 4.74 Å². The SMILES string of the molecule is COc1ccc(/C=C/C(=O)C(C)=C2SCCS2)cc1.